The molecule has 1 aliphatic heterocycles. The molecule has 3 nitrogen and oxygen atoms in total. The van der Waals surface area contributed by atoms with E-state index in [-0.39, 0.29) is 6.61 Å². The lowest BCUT2D eigenvalue weighted by Crippen LogP contribution is -2.08. The van der Waals surface area contributed by atoms with Crippen molar-refractivity contribution in [3.05, 3.63) is 28.8 Å². The predicted molar refractivity (Wildman–Crippen MR) is 71.1 cm³/mol. The van der Waals surface area contributed by atoms with Crippen molar-refractivity contribution in [2.75, 3.05) is 13.2 Å². The van der Waals surface area contributed by atoms with Gasteiger partial charge in [0.1, 0.15) is 5.75 Å². The van der Waals surface area contributed by atoms with Crippen molar-refractivity contribution in [2.45, 2.75) is 38.4 Å². The fourth-order valence-corrected chi connectivity index (χ4v) is 2.42. The van der Waals surface area contributed by atoms with Crippen LogP contribution in [0.2, 0.25) is 5.02 Å². The van der Waals surface area contributed by atoms with Gasteiger partial charge in [0.2, 0.25) is 0 Å². The molecule has 0 radical (unpaired) electrons. The normalized spacial score (nSPS) is 19.1. The van der Waals surface area contributed by atoms with Crippen LogP contribution in [0.3, 0.4) is 0 Å². The zero-order valence-corrected chi connectivity index (χ0v) is 11.2. The number of ether oxygens (including phenoxy) is 2. The lowest BCUT2D eigenvalue weighted by Gasteiger charge is -2.12. The first-order valence-electron chi connectivity index (χ1n) is 6.44. The third-order valence-corrected chi connectivity index (χ3v) is 3.54. The molecule has 0 amide bonds. The largest absolute Gasteiger partial charge is 0.493 e. The molecule has 100 valence electrons. The summed E-state index contributed by atoms with van der Waals surface area (Å²) in [7, 11) is 0. The van der Waals surface area contributed by atoms with Crippen LogP contribution >= 0.6 is 11.6 Å². The van der Waals surface area contributed by atoms with Crippen molar-refractivity contribution in [3.63, 3.8) is 0 Å². The molecule has 4 heteroatoms. The second kappa shape index (κ2) is 6.98. The molecule has 18 heavy (non-hydrogen) atoms. The summed E-state index contributed by atoms with van der Waals surface area (Å²) in [6, 6.07) is 5.42. The van der Waals surface area contributed by atoms with Gasteiger partial charge < -0.3 is 14.6 Å². The monoisotopic (exact) mass is 270 g/mol. The number of hydrogen-bond donors (Lipinski definition) is 1. The zero-order valence-electron chi connectivity index (χ0n) is 10.4. The third-order valence-electron chi connectivity index (χ3n) is 3.19. The van der Waals surface area contributed by atoms with Crippen LogP contribution < -0.4 is 4.74 Å². The molecule has 0 bridgehead atoms. The van der Waals surface area contributed by atoms with E-state index in [1.54, 1.807) is 6.07 Å². The van der Waals surface area contributed by atoms with E-state index in [0.717, 1.165) is 19.4 Å². The van der Waals surface area contributed by atoms with Gasteiger partial charge in [0.25, 0.3) is 0 Å². The molecule has 0 aromatic heterocycles. The molecule has 0 spiro atoms. The standard InChI is InChI=1S/C14H19ClO3/c15-13-6-1-7-14(12(13)10-16)18-9-3-5-11-4-2-8-17-11/h1,6-7,11,16H,2-5,8-10H2. The van der Waals surface area contributed by atoms with Gasteiger partial charge in [-0.15, -0.1) is 0 Å². The summed E-state index contributed by atoms with van der Waals surface area (Å²) < 4.78 is 11.2. The van der Waals surface area contributed by atoms with Gasteiger partial charge in [-0.1, -0.05) is 17.7 Å². The lowest BCUT2D eigenvalue weighted by atomic mass is 10.1. The van der Waals surface area contributed by atoms with E-state index in [1.165, 1.54) is 12.8 Å². The van der Waals surface area contributed by atoms with Crippen LogP contribution in [0.1, 0.15) is 31.2 Å². The Labute approximate surface area is 113 Å². The maximum absolute atomic E-state index is 9.24. The maximum Gasteiger partial charge on any atom is 0.126 e. The second-order valence-corrected chi connectivity index (χ2v) is 4.91. The Morgan fingerprint density at radius 2 is 2.33 bits per heavy atom. The third kappa shape index (κ3) is 3.61. The zero-order chi connectivity index (χ0) is 12.8. The highest BCUT2D eigenvalue weighted by molar-refractivity contribution is 6.31. The summed E-state index contributed by atoms with van der Waals surface area (Å²) in [5, 5.41) is 9.79. The van der Waals surface area contributed by atoms with Crippen LogP contribution in [-0.4, -0.2) is 24.4 Å². The van der Waals surface area contributed by atoms with E-state index < -0.39 is 0 Å². The van der Waals surface area contributed by atoms with Gasteiger partial charge in [-0.2, -0.15) is 0 Å². The Morgan fingerprint density at radius 1 is 1.44 bits per heavy atom. The molecule has 1 aromatic rings. The Morgan fingerprint density at radius 3 is 3.06 bits per heavy atom. The first-order valence-corrected chi connectivity index (χ1v) is 6.81. The lowest BCUT2D eigenvalue weighted by molar-refractivity contribution is 0.0980. The smallest absolute Gasteiger partial charge is 0.126 e. The fourth-order valence-electron chi connectivity index (χ4n) is 2.19. The number of benzene rings is 1. The first kappa shape index (κ1) is 13.7. The minimum atomic E-state index is -0.0965. The highest BCUT2D eigenvalue weighted by Crippen LogP contribution is 2.26. The molecule has 1 aromatic carbocycles. The molecule has 1 saturated heterocycles. The van der Waals surface area contributed by atoms with E-state index in [2.05, 4.69) is 0 Å². The van der Waals surface area contributed by atoms with Crippen LogP contribution in [0.4, 0.5) is 0 Å². The Bertz CT molecular complexity index is 375. The second-order valence-electron chi connectivity index (χ2n) is 4.50. The average Bonchev–Trinajstić information content (AvgIpc) is 2.88. The van der Waals surface area contributed by atoms with E-state index in [0.29, 0.717) is 29.0 Å². The minimum Gasteiger partial charge on any atom is -0.493 e. The molecule has 1 atom stereocenters. The van der Waals surface area contributed by atoms with Gasteiger partial charge in [0.15, 0.2) is 0 Å². The van der Waals surface area contributed by atoms with Crippen LogP contribution in [0.5, 0.6) is 5.75 Å². The van der Waals surface area contributed by atoms with Crippen molar-refractivity contribution >= 4 is 11.6 Å². The van der Waals surface area contributed by atoms with Gasteiger partial charge in [-0.25, -0.2) is 0 Å². The van der Waals surface area contributed by atoms with Gasteiger partial charge in [-0.05, 0) is 37.8 Å². The van der Waals surface area contributed by atoms with Crippen molar-refractivity contribution in [1.29, 1.82) is 0 Å². The molecular weight excluding hydrogens is 252 g/mol. The molecule has 1 N–H and O–H groups in total. The SMILES string of the molecule is OCc1c(Cl)cccc1OCCCC1CCCO1. The number of rotatable bonds is 6. The van der Waals surface area contributed by atoms with Crippen molar-refractivity contribution in [1.82, 2.24) is 0 Å². The molecule has 1 unspecified atom stereocenters. The van der Waals surface area contributed by atoms with Crippen LogP contribution in [0.25, 0.3) is 0 Å². The number of hydrogen-bond acceptors (Lipinski definition) is 3. The summed E-state index contributed by atoms with van der Waals surface area (Å²) >= 11 is 5.99. The van der Waals surface area contributed by atoms with Crippen LogP contribution in [0.15, 0.2) is 18.2 Å². The van der Waals surface area contributed by atoms with Gasteiger partial charge in [0, 0.05) is 17.2 Å². The Balaban J connectivity index is 1.77. The quantitative estimate of drug-likeness (QED) is 0.807. The molecule has 1 fully saturated rings. The maximum atomic E-state index is 9.24. The Hall–Kier alpha value is -0.770. The summed E-state index contributed by atoms with van der Waals surface area (Å²) in [5.41, 5.74) is 0.663. The topological polar surface area (TPSA) is 38.7 Å². The summed E-state index contributed by atoms with van der Waals surface area (Å²) in [5.74, 6) is 0.678. The minimum absolute atomic E-state index is 0.0965. The van der Waals surface area contributed by atoms with E-state index in [9.17, 15) is 5.11 Å². The summed E-state index contributed by atoms with van der Waals surface area (Å²) in [4.78, 5) is 0. The van der Waals surface area contributed by atoms with Gasteiger partial charge in [-0.3, -0.25) is 0 Å². The van der Waals surface area contributed by atoms with Crippen molar-refractivity contribution in [3.8, 4) is 5.75 Å². The first-order chi connectivity index (χ1) is 8.81. The number of aliphatic hydroxyl groups is 1. The van der Waals surface area contributed by atoms with E-state index in [4.69, 9.17) is 21.1 Å². The van der Waals surface area contributed by atoms with Gasteiger partial charge in [0.05, 0.1) is 19.3 Å². The van der Waals surface area contributed by atoms with Crippen LogP contribution in [0, 0.1) is 0 Å². The molecule has 0 aliphatic carbocycles. The molecule has 1 heterocycles. The average molecular weight is 271 g/mol. The Kier molecular flexibility index (Phi) is 5.29. The number of halogens is 1. The highest BCUT2D eigenvalue weighted by Gasteiger charge is 2.14. The van der Waals surface area contributed by atoms with Crippen LogP contribution in [-0.2, 0) is 11.3 Å². The molecule has 2 rings (SSSR count). The molecular formula is C14H19ClO3. The predicted octanol–water partition coefficient (Wildman–Crippen LogP) is 3.17. The highest BCUT2D eigenvalue weighted by atomic mass is 35.5. The summed E-state index contributed by atoms with van der Waals surface area (Å²) in [6.07, 6.45) is 4.75. The van der Waals surface area contributed by atoms with E-state index in [1.807, 2.05) is 12.1 Å². The van der Waals surface area contributed by atoms with Crippen molar-refractivity contribution in [2.24, 2.45) is 0 Å². The van der Waals surface area contributed by atoms with Gasteiger partial charge >= 0.3 is 0 Å². The van der Waals surface area contributed by atoms with E-state index >= 15 is 0 Å². The molecule has 1 aliphatic rings. The van der Waals surface area contributed by atoms with Crippen molar-refractivity contribution < 1.29 is 14.6 Å². The summed E-state index contributed by atoms with van der Waals surface area (Å²) in [6.45, 7) is 1.43. The molecule has 0 saturated carbocycles. The fraction of sp³-hybridized carbons (Fsp3) is 0.571. The number of aliphatic hydroxyl groups excluding tert-OH is 1.